The van der Waals surface area contributed by atoms with E-state index in [9.17, 15) is 26.4 Å². The number of carbonyl (C=O) groups is 1. The zero-order valence-electron chi connectivity index (χ0n) is 19.6. The van der Waals surface area contributed by atoms with E-state index in [1.54, 1.807) is 55.5 Å². The van der Waals surface area contributed by atoms with Crippen LogP contribution in [0.4, 0.5) is 13.2 Å². The quantitative estimate of drug-likeness (QED) is 0.242. The second-order valence-corrected chi connectivity index (χ2v) is 11.2. The first-order chi connectivity index (χ1) is 17.5. The average molecular weight is 592 g/mol. The van der Waals surface area contributed by atoms with Crippen LogP contribution < -0.4 is 0 Å². The number of aryl methyl sites for hydroxylation is 1. The van der Waals surface area contributed by atoms with Crippen molar-refractivity contribution in [3.05, 3.63) is 111 Å². The second-order valence-electron chi connectivity index (χ2n) is 8.28. The number of H-pyrrole nitrogens is 1. The van der Waals surface area contributed by atoms with Crippen LogP contribution in [0.1, 0.15) is 38.1 Å². The van der Waals surface area contributed by atoms with Gasteiger partial charge >= 0.3 is 12.1 Å². The number of hydrogen-bond acceptors (Lipinski definition) is 4. The van der Waals surface area contributed by atoms with Crippen molar-refractivity contribution in [2.24, 2.45) is 0 Å². The van der Waals surface area contributed by atoms with Gasteiger partial charge in [0.1, 0.15) is 10.9 Å². The van der Waals surface area contributed by atoms with Crippen molar-refractivity contribution < 1.29 is 31.1 Å². The third kappa shape index (κ3) is 5.08. The molecule has 0 fully saturated rings. The molecule has 1 atom stereocenters. The highest BCUT2D eigenvalue weighted by molar-refractivity contribution is 9.10. The fraction of sp³-hybridized carbons (Fsp3) is 0.148. The van der Waals surface area contributed by atoms with Crippen molar-refractivity contribution in [3.63, 3.8) is 0 Å². The lowest BCUT2D eigenvalue weighted by Gasteiger charge is -2.21. The van der Waals surface area contributed by atoms with Crippen molar-refractivity contribution in [2.75, 3.05) is 7.11 Å². The average Bonchev–Trinajstić information content (AvgIpc) is 3.26. The molecule has 0 radical (unpaired) electrons. The minimum absolute atomic E-state index is 0.0827. The lowest BCUT2D eigenvalue weighted by Crippen LogP contribution is -2.17. The number of alkyl halides is 3. The van der Waals surface area contributed by atoms with Gasteiger partial charge in [0.2, 0.25) is 0 Å². The number of methoxy groups -OCH3 is 1. The first-order valence-electron chi connectivity index (χ1n) is 11.0. The Labute approximate surface area is 220 Å². The molecule has 0 aliphatic carbocycles. The van der Waals surface area contributed by atoms with Crippen LogP contribution in [0, 0.1) is 6.92 Å². The summed E-state index contributed by atoms with van der Waals surface area (Å²) in [6, 6.07) is 20.3. The highest BCUT2D eigenvalue weighted by Gasteiger charge is 2.45. The maximum Gasteiger partial charge on any atom is 0.432 e. The first-order valence-corrected chi connectivity index (χ1v) is 13.3. The summed E-state index contributed by atoms with van der Waals surface area (Å²) >= 11 is 3.37. The molecule has 0 amide bonds. The number of esters is 1. The molecular formula is C27H21BrF3NO4S. The van der Waals surface area contributed by atoms with E-state index in [4.69, 9.17) is 4.74 Å². The minimum atomic E-state index is -5.00. The fourth-order valence-electron chi connectivity index (χ4n) is 4.17. The van der Waals surface area contributed by atoms with E-state index >= 15 is 0 Å². The van der Waals surface area contributed by atoms with Crippen molar-refractivity contribution in [3.8, 4) is 11.1 Å². The number of ether oxygens (including phenoxy) is 1. The number of hydrogen-bond donors (Lipinski definition) is 1. The van der Waals surface area contributed by atoms with Gasteiger partial charge in [-0.05, 0) is 36.2 Å². The Balaban J connectivity index is 2.17. The van der Waals surface area contributed by atoms with E-state index in [2.05, 4.69) is 20.9 Å². The number of sulfone groups is 1. The van der Waals surface area contributed by atoms with Crippen LogP contribution in [0.15, 0.2) is 88.2 Å². The van der Waals surface area contributed by atoms with Gasteiger partial charge in [-0.1, -0.05) is 82.2 Å². The first kappa shape index (κ1) is 26.7. The Bertz CT molecular complexity index is 1550. The number of aromatic amines is 1. The van der Waals surface area contributed by atoms with E-state index in [-0.39, 0.29) is 27.3 Å². The van der Waals surface area contributed by atoms with Crippen LogP contribution in [-0.4, -0.2) is 26.5 Å². The zero-order chi connectivity index (χ0) is 27.0. The van der Waals surface area contributed by atoms with Crippen LogP contribution >= 0.6 is 15.9 Å². The molecule has 10 heteroatoms. The van der Waals surface area contributed by atoms with E-state index in [1.807, 2.05) is 0 Å². The van der Waals surface area contributed by atoms with Gasteiger partial charge in [0, 0.05) is 15.7 Å². The Hall–Kier alpha value is -3.37. The number of halogens is 4. The molecule has 0 spiro atoms. The summed E-state index contributed by atoms with van der Waals surface area (Å²) in [4.78, 5) is 15.0. The van der Waals surface area contributed by atoms with Crippen molar-refractivity contribution in [1.29, 1.82) is 0 Å². The van der Waals surface area contributed by atoms with Gasteiger partial charge in [-0.15, -0.1) is 0 Å². The third-order valence-electron chi connectivity index (χ3n) is 5.87. The molecule has 1 unspecified atom stereocenters. The van der Waals surface area contributed by atoms with E-state index in [0.29, 0.717) is 4.47 Å². The van der Waals surface area contributed by atoms with E-state index < -0.39 is 38.5 Å². The molecular weight excluding hydrogens is 571 g/mol. The molecule has 3 aromatic carbocycles. The minimum Gasteiger partial charge on any atom is -0.465 e. The summed E-state index contributed by atoms with van der Waals surface area (Å²) in [5, 5.41) is -1.62. The van der Waals surface area contributed by atoms with Gasteiger partial charge in [0.05, 0.1) is 17.6 Å². The monoisotopic (exact) mass is 591 g/mol. The lowest BCUT2D eigenvalue weighted by atomic mass is 9.96. The highest BCUT2D eigenvalue weighted by Crippen LogP contribution is 2.47. The van der Waals surface area contributed by atoms with Crippen LogP contribution in [0.5, 0.6) is 0 Å². The van der Waals surface area contributed by atoms with Crippen molar-refractivity contribution in [1.82, 2.24) is 4.98 Å². The number of nitrogens with one attached hydrogen (secondary N) is 1. The normalized spacial score (nSPS) is 12.8. The molecule has 1 N–H and O–H groups in total. The fourth-order valence-corrected chi connectivity index (χ4v) is 6.65. The van der Waals surface area contributed by atoms with Gasteiger partial charge in [-0.3, -0.25) is 0 Å². The molecule has 1 heterocycles. The summed E-state index contributed by atoms with van der Waals surface area (Å²) in [6.07, 6.45) is -5.00. The van der Waals surface area contributed by atoms with Gasteiger partial charge in [0.25, 0.3) is 0 Å². The Morgan fingerprint density at radius 2 is 1.54 bits per heavy atom. The van der Waals surface area contributed by atoms with Crippen molar-refractivity contribution in [2.45, 2.75) is 23.2 Å². The predicted molar refractivity (Wildman–Crippen MR) is 137 cm³/mol. The maximum atomic E-state index is 14.3. The van der Waals surface area contributed by atoms with Crippen molar-refractivity contribution >= 4 is 31.7 Å². The predicted octanol–water partition coefficient (Wildman–Crippen LogP) is 7.12. The number of aromatic nitrogens is 1. The van der Waals surface area contributed by atoms with Crippen LogP contribution in [0.3, 0.4) is 0 Å². The molecule has 5 nitrogen and oxygen atoms in total. The van der Waals surface area contributed by atoms with Gasteiger partial charge in [-0.2, -0.15) is 13.2 Å². The van der Waals surface area contributed by atoms with Crippen LogP contribution in [0.25, 0.3) is 11.1 Å². The number of rotatable bonds is 6. The topological polar surface area (TPSA) is 76.2 Å². The van der Waals surface area contributed by atoms with Crippen LogP contribution in [-0.2, 0) is 20.8 Å². The highest BCUT2D eigenvalue weighted by atomic mass is 79.9. The molecule has 0 bridgehead atoms. The molecule has 0 saturated heterocycles. The van der Waals surface area contributed by atoms with Crippen LogP contribution in [0.2, 0.25) is 0 Å². The molecule has 4 rings (SSSR count). The molecule has 1 aromatic heterocycles. The SMILES string of the molecule is COC(=O)c1c(C(F)(F)F)[nH]c(C(c2ccccc2Br)S(=O)(=O)c2ccc(C)cc2)c1-c1ccccc1. The molecule has 192 valence electrons. The Morgan fingerprint density at radius 3 is 2.11 bits per heavy atom. The van der Waals surface area contributed by atoms with E-state index in [0.717, 1.165) is 12.7 Å². The molecule has 4 aromatic rings. The molecule has 37 heavy (non-hydrogen) atoms. The summed E-state index contributed by atoms with van der Waals surface area (Å²) < 4.78 is 76.2. The Morgan fingerprint density at radius 1 is 0.946 bits per heavy atom. The second kappa shape index (κ2) is 10.2. The number of benzene rings is 3. The zero-order valence-corrected chi connectivity index (χ0v) is 22.0. The summed E-state index contributed by atoms with van der Waals surface area (Å²) in [7, 11) is -3.37. The molecule has 0 aliphatic rings. The van der Waals surface area contributed by atoms with Gasteiger partial charge in [-0.25, -0.2) is 13.2 Å². The Kier molecular flexibility index (Phi) is 7.34. The van der Waals surface area contributed by atoms with Gasteiger partial charge < -0.3 is 9.72 Å². The number of carbonyl (C=O) groups excluding carboxylic acids is 1. The summed E-state index contributed by atoms with van der Waals surface area (Å²) in [5.74, 6) is -1.24. The summed E-state index contributed by atoms with van der Waals surface area (Å²) in [6.45, 7) is 1.79. The summed E-state index contributed by atoms with van der Waals surface area (Å²) in [5.41, 5.74) is -1.43. The smallest absolute Gasteiger partial charge is 0.432 e. The largest absolute Gasteiger partial charge is 0.465 e. The molecule has 0 aliphatic heterocycles. The maximum absolute atomic E-state index is 14.3. The van der Waals surface area contributed by atoms with E-state index in [1.165, 1.54) is 30.3 Å². The third-order valence-corrected chi connectivity index (χ3v) is 8.64. The standard InChI is InChI=1S/C27H21BrF3NO4S/c1-16-12-14-18(15-13-16)37(34,35)24(19-10-6-7-11-20(19)28)23-21(17-8-4-3-5-9-17)22(26(33)36-2)25(32-23)27(29,30)31/h3-15,24,32H,1-2H3. The van der Waals surface area contributed by atoms with Gasteiger partial charge in [0.15, 0.2) is 9.84 Å². The lowest BCUT2D eigenvalue weighted by molar-refractivity contribution is -0.141. The molecule has 0 saturated carbocycles.